The first-order chi connectivity index (χ1) is 13.3. The highest BCUT2D eigenvalue weighted by Gasteiger charge is 2.33. The van der Waals surface area contributed by atoms with Crippen molar-refractivity contribution in [1.29, 1.82) is 0 Å². The molecule has 0 saturated heterocycles. The van der Waals surface area contributed by atoms with E-state index in [2.05, 4.69) is 15.4 Å². The Balaban J connectivity index is 1.59. The molecule has 2 aromatic heterocycles. The number of quaternary nitrogens is 1. The van der Waals surface area contributed by atoms with Crippen LogP contribution in [0.1, 0.15) is 10.4 Å². The van der Waals surface area contributed by atoms with Crippen LogP contribution in [0.25, 0.3) is 20.8 Å². The van der Waals surface area contributed by atoms with Gasteiger partial charge in [0.25, 0.3) is 0 Å². The second kappa shape index (κ2) is 6.89. The van der Waals surface area contributed by atoms with Crippen LogP contribution in [0.5, 0.6) is 0 Å². The molecule has 28 heavy (non-hydrogen) atoms. The molecular formula is C17H12FN4O4S2+. The Morgan fingerprint density at radius 1 is 1.11 bits per heavy atom. The number of anilines is 1. The number of halogens is 1. The third kappa shape index (κ3) is 3.56. The van der Waals surface area contributed by atoms with E-state index >= 15 is 0 Å². The molecular weight excluding hydrogens is 407 g/mol. The molecule has 11 heteroatoms. The molecule has 0 radical (unpaired) electrons. The fraction of sp³-hybridized carbons (Fsp3) is 0. The summed E-state index contributed by atoms with van der Waals surface area (Å²) in [6.07, 6.45) is 0. The number of benzene rings is 2. The molecule has 0 amide bonds. The van der Waals surface area contributed by atoms with E-state index in [-0.39, 0.29) is 22.3 Å². The molecule has 0 atom stereocenters. The maximum absolute atomic E-state index is 13.0. The van der Waals surface area contributed by atoms with Crippen LogP contribution < -0.4 is 10.3 Å². The molecule has 0 saturated carbocycles. The molecule has 0 unspecified atom stereocenters. The molecule has 0 fully saturated rings. The highest BCUT2D eigenvalue weighted by atomic mass is 32.1. The van der Waals surface area contributed by atoms with E-state index in [1.807, 2.05) is 0 Å². The van der Waals surface area contributed by atoms with Crippen molar-refractivity contribution in [3.63, 3.8) is 0 Å². The van der Waals surface area contributed by atoms with Gasteiger partial charge >= 0.3 is 11.8 Å². The topological polar surface area (TPSA) is 116 Å². The highest BCUT2D eigenvalue weighted by Crippen LogP contribution is 2.32. The largest absolute Gasteiger partial charge is 0.478 e. The smallest absolute Gasteiger partial charge is 0.335 e. The molecule has 4 rings (SSSR count). The average molecular weight is 419 g/mol. The predicted molar refractivity (Wildman–Crippen MR) is 103 cm³/mol. The minimum Gasteiger partial charge on any atom is -0.478 e. The third-order valence-corrected chi connectivity index (χ3v) is 5.61. The quantitative estimate of drug-likeness (QED) is 0.280. The van der Waals surface area contributed by atoms with E-state index in [1.165, 1.54) is 29.6 Å². The van der Waals surface area contributed by atoms with E-state index in [1.54, 1.807) is 18.2 Å². The number of nitrogens with one attached hydrogen (secondary N) is 1. The minimum absolute atomic E-state index is 0.0848. The van der Waals surface area contributed by atoms with Crippen LogP contribution in [0.2, 0.25) is 0 Å². The zero-order valence-corrected chi connectivity index (χ0v) is 15.5. The second-order valence-corrected chi connectivity index (χ2v) is 7.63. The van der Waals surface area contributed by atoms with Crippen LogP contribution in [-0.2, 0) is 0 Å². The van der Waals surface area contributed by atoms with Gasteiger partial charge in [0.15, 0.2) is 0 Å². The normalized spacial score (nSPS) is 11.7. The third-order valence-electron chi connectivity index (χ3n) is 3.79. The molecule has 0 aliphatic heterocycles. The van der Waals surface area contributed by atoms with Gasteiger partial charge in [-0.1, -0.05) is 11.3 Å². The van der Waals surface area contributed by atoms with Gasteiger partial charge in [0.05, 0.1) is 21.2 Å². The number of aromatic carboxylic acids is 1. The molecule has 0 spiro atoms. The summed E-state index contributed by atoms with van der Waals surface area (Å²) in [5.41, 5.74) is 3.58. The molecule has 2 aromatic carbocycles. The fourth-order valence-corrected chi connectivity index (χ4v) is 4.14. The zero-order chi connectivity index (χ0) is 19.9. The number of carboxylic acid groups (broad SMARTS) is 1. The molecule has 142 valence electrons. The van der Waals surface area contributed by atoms with Crippen molar-refractivity contribution in [3.05, 3.63) is 59.2 Å². The number of carboxylic acids is 1. The molecule has 4 N–H and O–H groups in total. The summed E-state index contributed by atoms with van der Waals surface area (Å²) in [6, 6.07) is 10.1. The van der Waals surface area contributed by atoms with Crippen LogP contribution in [0.15, 0.2) is 47.8 Å². The Morgan fingerprint density at radius 2 is 1.86 bits per heavy atom. The van der Waals surface area contributed by atoms with Crippen molar-refractivity contribution in [2.24, 2.45) is 0 Å². The van der Waals surface area contributed by atoms with Crippen LogP contribution in [0.3, 0.4) is 0 Å². The van der Waals surface area contributed by atoms with Crippen molar-refractivity contribution in [2.45, 2.75) is 0 Å². The van der Waals surface area contributed by atoms with E-state index in [4.69, 9.17) is 5.11 Å². The van der Waals surface area contributed by atoms with Crippen molar-refractivity contribution >= 4 is 49.8 Å². The SMILES string of the molecule is O=C(O)c1ccc2sc(N[N+](O)(O)c3csc(-c4ccc(F)cc4)n3)nc2c1. The number of carbonyl (C=O) groups is 1. The average Bonchev–Trinajstić information content (AvgIpc) is 3.28. The van der Waals surface area contributed by atoms with Crippen molar-refractivity contribution in [1.82, 2.24) is 14.9 Å². The maximum atomic E-state index is 13.0. The Hall–Kier alpha value is -2.96. The Morgan fingerprint density at radius 3 is 2.57 bits per heavy atom. The second-order valence-electron chi connectivity index (χ2n) is 5.74. The first-order valence-corrected chi connectivity index (χ1v) is 9.50. The lowest BCUT2D eigenvalue weighted by Crippen LogP contribution is -2.48. The van der Waals surface area contributed by atoms with Gasteiger partial charge in [-0.3, -0.25) is 0 Å². The van der Waals surface area contributed by atoms with E-state index < -0.39 is 10.9 Å². The number of rotatable bonds is 5. The van der Waals surface area contributed by atoms with Gasteiger partial charge < -0.3 is 5.11 Å². The number of hydrogen-bond donors (Lipinski definition) is 4. The summed E-state index contributed by atoms with van der Waals surface area (Å²) in [5.74, 6) is -1.55. The maximum Gasteiger partial charge on any atom is 0.335 e. The summed E-state index contributed by atoms with van der Waals surface area (Å²) < 4.78 is 13.7. The molecule has 8 nitrogen and oxygen atoms in total. The summed E-state index contributed by atoms with van der Waals surface area (Å²) in [7, 11) is 0. The number of nitrogens with zero attached hydrogens (tertiary/aromatic N) is 3. The number of aromatic nitrogens is 2. The predicted octanol–water partition coefficient (Wildman–Crippen LogP) is 4.37. The van der Waals surface area contributed by atoms with Crippen LogP contribution >= 0.6 is 22.7 Å². The number of hydrogen-bond acceptors (Lipinski definition) is 8. The van der Waals surface area contributed by atoms with Gasteiger partial charge in [0.2, 0.25) is 5.13 Å². The minimum atomic E-state index is -1.75. The number of thiazole rings is 2. The van der Waals surface area contributed by atoms with Gasteiger partial charge in [0, 0.05) is 5.56 Å². The fourth-order valence-electron chi connectivity index (χ4n) is 2.43. The van der Waals surface area contributed by atoms with E-state index in [0.717, 1.165) is 22.7 Å². The molecule has 4 aromatic rings. The molecule has 0 bridgehead atoms. The van der Waals surface area contributed by atoms with Crippen LogP contribution in [0.4, 0.5) is 15.3 Å². The highest BCUT2D eigenvalue weighted by molar-refractivity contribution is 7.22. The Labute approximate surface area is 164 Å². The van der Waals surface area contributed by atoms with Crippen molar-refractivity contribution in [3.8, 4) is 10.6 Å². The van der Waals surface area contributed by atoms with Crippen LogP contribution in [-0.4, -0.2) is 31.5 Å². The summed E-state index contributed by atoms with van der Waals surface area (Å²) in [6.45, 7) is 0. The van der Waals surface area contributed by atoms with Crippen molar-refractivity contribution in [2.75, 3.05) is 5.43 Å². The zero-order valence-electron chi connectivity index (χ0n) is 13.9. The van der Waals surface area contributed by atoms with Gasteiger partial charge in [-0.25, -0.2) is 14.2 Å². The Bertz CT molecular complexity index is 1170. The summed E-state index contributed by atoms with van der Waals surface area (Å²) >= 11 is 2.29. The monoisotopic (exact) mass is 419 g/mol. The van der Waals surface area contributed by atoms with E-state index in [0.29, 0.717) is 20.8 Å². The number of fused-ring (bicyclic) bond motifs is 1. The van der Waals surface area contributed by atoms with Gasteiger partial charge in [-0.2, -0.15) is 4.98 Å². The van der Waals surface area contributed by atoms with E-state index in [9.17, 15) is 19.6 Å². The van der Waals surface area contributed by atoms with Gasteiger partial charge in [-0.15, -0.1) is 27.2 Å². The van der Waals surface area contributed by atoms with Crippen LogP contribution in [0, 0.1) is 5.82 Å². The molecule has 0 aliphatic rings. The molecule has 0 aliphatic carbocycles. The van der Waals surface area contributed by atoms with Gasteiger partial charge in [-0.05, 0) is 42.5 Å². The van der Waals surface area contributed by atoms with Gasteiger partial charge in [0.1, 0.15) is 15.7 Å². The lowest BCUT2D eigenvalue weighted by molar-refractivity contribution is -0.274. The standard InChI is InChI=1S/C17H11FN4O4S2/c18-11-4-1-9(2-5-11)15-20-14(8-27-15)22(25,26)21-17-19-12-7-10(16(23)24)3-6-13(12)28-17/h1-8,25-26H,(H-,19,21,23,24)/p+1. The van der Waals surface area contributed by atoms with Crippen molar-refractivity contribution < 1.29 is 24.7 Å². The first kappa shape index (κ1) is 18.4. The Kier molecular flexibility index (Phi) is 4.53. The summed E-state index contributed by atoms with van der Waals surface area (Å²) in [4.78, 5) is 17.7. The summed E-state index contributed by atoms with van der Waals surface area (Å²) in [5, 5.41) is 31.8. The lowest BCUT2D eigenvalue weighted by Gasteiger charge is -2.16. The lowest BCUT2D eigenvalue weighted by atomic mass is 10.2. The molecule has 2 heterocycles. The first-order valence-electron chi connectivity index (χ1n) is 7.80.